The molecule has 20 heavy (non-hydrogen) atoms. The molecule has 0 aliphatic heterocycles. The molecule has 0 bridgehead atoms. The van der Waals surface area contributed by atoms with Gasteiger partial charge in [0.15, 0.2) is 0 Å². The van der Waals surface area contributed by atoms with Gasteiger partial charge in [-0.2, -0.15) is 0 Å². The van der Waals surface area contributed by atoms with Crippen LogP contribution < -0.4 is 11.1 Å². The minimum atomic E-state index is -0.432. The van der Waals surface area contributed by atoms with E-state index >= 15 is 0 Å². The molecule has 0 aliphatic carbocycles. The Morgan fingerprint density at radius 1 is 1.10 bits per heavy atom. The zero-order chi connectivity index (χ0) is 14.8. The second kappa shape index (κ2) is 8.62. The quantitative estimate of drug-likeness (QED) is 0.704. The fraction of sp³-hybridized carbons (Fsp3) is 0.588. The lowest BCUT2D eigenvalue weighted by atomic mass is 9.72. The fourth-order valence-corrected chi connectivity index (χ4v) is 2.77. The summed E-state index contributed by atoms with van der Waals surface area (Å²) in [7, 11) is 0. The molecule has 0 fully saturated rings. The number of hydrogen-bond donors (Lipinski definition) is 2. The van der Waals surface area contributed by atoms with Crippen LogP contribution in [0.15, 0.2) is 30.3 Å². The Morgan fingerprint density at radius 3 is 2.10 bits per heavy atom. The number of carbonyl (C=O) groups excluding carboxylic acids is 1. The molecule has 3 nitrogen and oxygen atoms in total. The van der Waals surface area contributed by atoms with Gasteiger partial charge in [0, 0.05) is 12.0 Å². The molecule has 0 saturated heterocycles. The molecule has 0 aliphatic rings. The van der Waals surface area contributed by atoms with Crippen molar-refractivity contribution in [3.63, 3.8) is 0 Å². The Morgan fingerprint density at radius 2 is 1.65 bits per heavy atom. The van der Waals surface area contributed by atoms with Crippen LogP contribution in [0.5, 0.6) is 0 Å². The number of benzene rings is 1. The molecular weight excluding hydrogens is 248 g/mol. The van der Waals surface area contributed by atoms with Crippen LogP contribution in [-0.4, -0.2) is 12.6 Å². The maximum absolute atomic E-state index is 11.1. The summed E-state index contributed by atoms with van der Waals surface area (Å²) in [5.41, 5.74) is 6.62. The molecule has 112 valence electrons. The van der Waals surface area contributed by atoms with Crippen LogP contribution in [0.4, 0.5) is 4.79 Å². The van der Waals surface area contributed by atoms with E-state index in [1.807, 2.05) is 6.07 Å². The standard InChI is InChI=1S/C17H28N2O/c1-3-5-12-17(13-6-4-2,14-19-16(18)20)15-10-8-7-9-11-15/h7-11H,3-6,12-14H2,1-2H3,(H3,18,19,20). The van der Waals surface area contributed by atoms with Gasteiger partial charge in [0.1, 0.15) is 0 Å². The van der Waals surface area contributed by atoms with Gasteiger partial charge in [-0.05, 0) is 18.4 Å². The third-order valence-corrected chi connectivity index (χ3v) is 4.00. The highest BCUT2D eigenvalue weighted by molar-refractivity contribution is 5.71. The minimum Gasteiger partial charge on any atom is -0.352 e. The number of nitrogens with one attached hydrogen (secondary N) is 1. The maximum Gasteiger partial charge on any atom is 0.312 e. The van der Waals surface area contributed by atoms with Crippen LogP contribution in [0, 0.1) is 0 Å². The third-order valence-electron chi connectivity index (χ3n) is 4.00. The molecule has 1 aromatic rings. The van der Waals surface area contributed by atoms with E-state index in [-0.39, 0.29) is 5.41 Å². The summed E-state index contributed by atoms with van der Waals surface area (Å²) in [6.07, 6.45) is 6.84. The minimum absolute atomic E-state index is 0.0162. The lowest BCUT2D eigenvalue weighted by Gasteiger charge is -2.35. The van der Waals surface area contributed by atoms with Crippen LogP contribution in [-0.2, 0) is 5.41 Å². The van der Waals surface area contributed by atoms with Crippen molar-refractivity contribution in [1.29, 1.82) is 0 Å². The van der Waals surface area contributed by atoms with E-state index in [0.29, 0.717) is 6.54 Å². The predicted molar refractivity (Wildman–Crippen MR) is 84.8 cm³/mol. The molecule has 1 aromatic carbocycles. The van der Waals surface area contributed by atoms with E-state index in [9.17, 15) is 4.79 Å². The van der Waals surface area contributed by atoms with Crippen LogP contribution in [0.3, 0.4) is 0 Å². The first-order valence-electron chi connectivity index (χ1n) is 7.73. The summed E-state index contributed by atoms with van der Waals surface area (Å²) >= 11 is 0. The first-order valence-corrected chi connectivity index (χ1v) is 7.73. The van der Waals surface area contributed by atoms with Gasteiger partial charge in [0.05, 0.1) is 0 Å². The molecule has 3 N–H and O–H groups in total. The van der Waals surface area contributed by atoms with Crippen molar-refractivity contribution in [2.75, 3.05) is 6.54 Å². The second-order valence-electron chi connectivity index (χ2n) is 5.57. The van der Waals surface area contributed by atoms with Gasteiger partial charge in [-0.3, -0.25) is 0 Å². The number of rotatable bonds is 9. The molecule has 0 aromatic heterocycles. The van der Waals surface area contributed by atoms with Gasteiger partial charge in [0.25, 0.3) is 0 Å². The van der Waals surface area contributed by atoms with Crippen molar-refractivity contribution in [3.8, 4) is 0 Å². The number of urea groups is 1. The van der Waals surface area contributed by atoms with Crippen LogP contribution >= 0.6 is 0 Å². The summed E-state index contributed by atoms with van der Waals surface area (Å²) in [6.45, 7) is 5.04. The van der Waals surface area contributed by atoms with Crippen molar-refractivity contribution in [3.05, 3.63) is 35.9 Å². The molecule has 0 heterocycles. The first kappa shape index (κ1) is 16.5. The van der Waals surface area contributed by atoms with Gasteiger partial charge >= 0.3 is 6.03 Å². The van der Waals surface area contributed by atoms with E-state index in [1.54, 1.807) is 0 Å². The fourth-order valence-electron chi connectivity index (χ4n) is 2.77. The largest absolute Gasteiger partial charge is 0.352 e. The number of primary amides is 1. The number of amides is 2. The second-order valence-corrected chi connectivity index (χ2v) is 5.57. The Hall–Kier alpha value is -1.51. The number of unbranched alkanes of at least 4 members (excludes halogenated alkanes) is 2. The summed E-state index contributed by atoms with van der Waals surface area (Å²) < 4.78 is 0. The first-order chi connectivity index (χ1) is 9.64. The van der Waals surface area contributed by atoms with Crippen LogP contribution in [0.1, 0.15) is 57.9 Å². The zero-order valence-electron chi connectivity index (χ0n) is 12.8. The highest BCUT2D eigenvalue weighted by Gasteiger charge is 2.31. The molecule has 0 radical (unpaired) electrons. The van der Waals surface area contributed by atoms with Crippen LogP contribution in [0.2, 0.25) is 0 Å². The Bertz CT molecular complexity index is 381. The lowest BCUT2D eigenvalue weighted by Crippen LogP contribution is -2.43. The zero-order valence-corrected chi connectivity index (χ0v) is 12.8. The monoisotopic (exact) mass is 276 g/mol. The average Bonchev–Trinajstić information content (AvgIpc) is 2.48. The molecule has 0 unspecified atom stereocenters. The van der Waals surface area contributed by atoms with Crippen molar-refractivity contribution >= 4 is 6.03 Å². The van der Waals surface area contributed by atoms with Crippen molar-refractivity contribution < 1.29 is 4.79 Å². The highest BCUT2D eigenvalue weighted by Crippen LogP contribution is 2.34. The van der Waals surface area contributed by atoms with Crippen molar-refractivity contribution in [1.82, 2.24) is 5.32 Å². The van der Waals surface area contributed by atoms with Crippen molar-refractivity contribution in [2.24, 2.45) is 5.73 Å². The van der Waals surface area contributed by atoms with Gasteiger partial charge in [-0.15, -0.1) is 0 Å². The van der Waals surface area contributed by atoms with Crippen molar-refractivity contribution in [2.45, 2.75) is 57.8 Å². The van der Waals surface area contributed by atoms with E-state index in [1.165, 1.54) is 18.4 Å². The molecular formula is C17H28N2O. The van der Waals surface area contributed by atoms with E-state index in [4.69, 9.17) is 5.73 Å². The maximum atomic E-state index is 11.1. The molecule has 3 heteroatoms. The van der Waals surface area contributed by atoms with E-state index < -0.39 is 6.03 Å². The van der Waals surface area contributed by atoms with Gasteiger partial charge in [-0.25, -0.2) is 4.79 Å². The Balaban J connectivity index is 2.99. The van der Waals surface area contributed by atoms with Gasteiger partial charge in [0.2, 0.25) is 0 Å². The SMILES string of the molecule is CCCCC(CCCC)(CNC(N)=O)c1ccccc1. The lowest BCUT2D eigenvalue weighted by molar-refractivity contribution is 0.242. The van der Waals surface area contributed by atoms with E-state index in [0.717, 1.165) is 25.7 Å². The number of hydrogen-bond acceptors (Lipinski definition) is 1. The van der Waals surface area contributed by atoms with Crippen LogP contribution in [0.25, 0.3) is 0 Å². The summed E-state index contributed by atoms with van der Waals surface area (Å²) in [5.74, 6) is 0. The summed E-state index contributed by atoms with van der Waals surface area (Å²) in [5, 5.41) is 2.84. The Kier molecular flexibility index (Phi) is 7.13. The Labute approximate surface area is 122 Å². The summed E-state index contributed by atoms with van der Waals surface area (Å²) in [6, 6.07) is 10.1. The normalized spacial score (nSPS) is 11.3. The average molecular weight is 276 g/mol. The smallest absolute Gasteiger partial charge is 0.312 e. The van der Waals surface area contributed by atoms with Gasteiger partial charge in [-0.1, -0.05) is 69.9 Å². The molecule has 0 saturated carbocycles. The molecule has 0 spiro atoms. The van der Waals surface area contributed by atoms with E-state index in [2.05, 4.69) is 43.4 Å². The number of carbonyl (C=O) groups is 1. The predicted octanol–water partition coefficient (Wildman–Crippen LogP) is 3.97. The highest BCUT2D eigenvalue weighted by atomic mass is 16.2. The molecule has 0 atom stereocenters. The third kappa shape index (κ3) is 4.87. The van der Waals surface area contributed by atoms with Gasteiger partial charge < -0.3 is 11.1 Å². The summed E-state index contributed by atoms with van der Waals surface area (Å²) in [4.78, 5) is 11.1. The number of nitrogens with two attached hydrogens (primary N) is 1. The molecule has 2 amide bonds. The molecule has 1 rings (SSSR count). The topological polar surface area (TPSA) is 55.1 Å².